The van der Waals surface area contributed by atoms with Crippen molar-refractivity contribution in [1.82, 2.24) is 18.3 Å². The summed E-state index contributed by atoms with van der Waals surface area (Å²) in [6, 6.07) is 94.7. The lowest BCUT2D eigenvalue weighted by Gasteiger charge is -2.13. The number of hydrogen-bond donors (Lipinski definition) is 0. The lowest BCUT2D eigenvalue weighted by atomic mass is 10.0. The molecule has 0 N–H and O–H groups in total. The molecule has 4 nitrogen and oxygen atoms in total. The van der Waals surface area contributed by atoms with Crippen LogP contribution in [0, 0.1) is 0 Å². The van der Waals surface area contributed by atoms with Gasteiger partial charge in [-0.2, -0.15) is 0 Å². The maximum absolute atomic E-state index is 2.50. The first-order valence-electron chi connectivity index (χ1n) is 26.7. The Bertz CT molecular complexity index is 5530. The van der Waals surface area contributed by atoms with Crippen LogP contribution in [0.3, 0.4) is 0 Å². The van der Waals surface area contributed by atoms with Gasteiger partial charge in [-0.25, -0.2) is 0 Å². The molecule has 0 unspecified atom stereocenters. The van der Waals surface area contributed by atoms with Crippen LogP contribution in [0.4, 0.5) is 0 Å². The van der Waals surface area contributed by atoms with Gasteiger partial charge in [-0.3, -0.25) is 0 Å². The van der Waals surface area contributed by atoms with Gasteiger partial charge in [-0.05, 0) is 108 Å². The molecule has 0 aliphatic rings. The molecule has 18 aromatic rings. The molecule has 0 atom stereocenters. The van der Waals surface area contributed by atoms with Gasteiger partial charge < -0.3 is 18.3 Å². The average molecular weight is 1030 g/mol. The molecule has 6 heterocycles. The number of thiophene rings is 2. The maximum Gasteiger partial charge on any atom is 0.0719 e. The second-order valence-electron chi connectivity index (χ2n) is 20.8. The van der Waals surface area contributed by atoms with E-state index in [-0.39, 0.29) is 0 Å². The van der Waals surface area contributed by atoms with Crippen molar-refractivity contribution in [1.29, 1.82) is 0 Å². The van der Waals surface area contributed by atoms with E-state index in [4.69, 9.17) is 0 Å². The topological polar surface area (TPSA) is 19.7 Å². The Kier molecular flexibility index (Phi) is 8.67. The highest BCUT2D eigenvalue weighted by Crippen LogP contribution is 2.47. The summed E-state index contributed by atoms with van der Waals surface area (Å²) in [6.07, 6.45) is 0. The predicted octanol–water partition coefficient (Wildman–Crippen LogP) is 20.5. The summed E-state index contributed by atoms with van der Waals surface area (Å²) in [5, 5.41) is 15.3. The van der Waals surface area contributed by atoms with Crippen molar-refractivity contribution in [2.45, 2.75) is 0 Å². The van der Waals surface area contributed by atoms with Gasteiger partial charge in [0.05, 0.1) is 53.5 Å². The molecular weight excluding hydrogens is 985 g/mol. The molecule has 0 aliphatic heterocycles. The average Bonchev–Trinajstić information content (AvgIpc) is 4.50. The fourth-order valence-electron chi connectivity index (χ4n) is 13.4. The first kappa shape index (κ1) is 42.5. The second-order valence-corrected chi connectivity index (χ2v) is 22.9. The van der Waals surface area contributed by atoms with Crippen molar-refractivity contribution in [3.8, 4) is 33.9 Å². The van der Waals surface area contributed by atoms with E-state index in [0.29, 0.717) is 0 Å². The number of para-hydroxylation sites is 5. The van der Waals surface area contributed by atoms with E-state index >= 15 is 0 Å². The minimum atomic E-state index is 1.13. The number of rotatable bonds is 5. The second kappa shape index (κ2) is 15.9. The third-order valence-electron chi connectivity index (χ3n) is 16.8. The zero-order chi connectivity index (χ0) is 50.7. The smallest absolute Gasteiger partial charge is 0.0719 e. The highest BCUT2D eigenvalue weighted by Gasteiger charge is 2.22. The molecular formula is C72H42N4S2. The Balaban J connectivity index is 0.766. The largest absolute Gasteiger partial charge is 0.309 e. The van der Waals surface area contributed by atoms with Crippen LogP contribution in [0.2, 0.25) is 0 Å². The summed E-state index contributed by atoms with van der Waals surface area (Å²) in [6.45, 7) is 0. The van der Waals surface area contributed by atoms with Gasteiger partial charge >= 0.3 is 0 Å². The van der Waals surface area contributed by atoms with Crippen LogP contribution in [0.5, 0.6) is 0 Å². The zero-order valence-electron chi connectivity index (χ0n) is 41.9. The zero-order valence-corrected chi connectivity index (χ0v) is 43.5. The molecule has 0 saturated heterocycles. The fraction of sp³-hybridized carbons (Fsp3) is 0. The van der Waals surface area contributed by atoms with Crippen LogP contribution in [0.25, 0.3) is 161 Å². The molecule has 0 bridgehead atoms. The molecule has 78 heavy (non-hydrogen) atoms. The normalized spacial score (nSPS) is 12.4. The lowest BCUT2D eigenvalue weighted by Crippen LogP contribution is -1.98. The van der Waals surface area contributed by atoms with E-state index < -0.39 is 0 Å². The first-order valence-corrected chi connectivity index (χ1v) is 28.3. The van der Waals surface area contributed by atoms with Gasteiger partial charge in [-0.1, -0.05) is 158 Å². The van der Waals surface area contributed by atoms with Gasteiger partial charge in [0.2, 0.25) is 0 Å². The standard InChI is InChI=1S/C72H42N4S2/c1-7-22-61-49(16-1)50-17-2-8-23-62(50)73(61)45-30-32-46(33-31-45)75-64-25-10-3-18-51(64)56-36-38-59-55-34-28-44(41-68(55)78-72(59)69(56)75)43-29-39-66-60(40-43)53-20-5-9-24-63(53)74(66)47-14-13-15-48(42-47)76-65-26-11-4-19-52(65)57-35-37-58-54-21-6-12-27-67(54)77-71(58)70(57)76/h1-42H. The monoisotopic (exact) mass is 1030 g/mol. The van der Waals surface area contributed by atoms with Gasteiger partial charge in [0.15, 0.2) is 0 Å². The van der Waals surface area contributed by atoms with E-state index in [2.05, 4.69) is 273 Å². The van der Waals surface area contributed by atoms with Crippen LogP contribution >= 0.6 is 22.7 Å². The van der Waals surface area contributed by atoms with Crippen LogP contribution in [-0.2, 0) is 0 Å². The van der Waals surface area contributed by atoms with E-state index in [1.165, 1.54) is 139 Å². The summed E-state index contributed by atoms with van der Waals surface area (Å²) in [5.41, 5.74) is 16.8. The Morgan fingerprint density at radius 3 is 1.17 bits per heavy atom. The minimum Gasteiger partial charge on any atom is -0.309 e. The van der Waals surface area contributed by atoms with Crippen LogP contribution in [0.15, 0.2) is 255 Å². The quantitative estimate of drug-likeness (QED) is 0.164. The summed E-state index contributed by atoms with van der Waals surface area (Å²) >= 11 is 3.80. The summed E-state index contributed by atoms with van der Waals surface area (Å²) in [5.74, 6) is 0. The number of fused-ring (bicyclic) bond motifs is 20. The summed E-state index contributed by atoms with van der Waals surface area (Å²) in [7, 11) is 0. The van der Waals surface area contributed by atoms with Gasteiger partial charge in [0, 0.05) is 96.8 Å². The molecule has 0 spiro atoms. The SMILES string of the molecule is c1cc(-n2c3ccccc3c3cc(-c4ccc5c(c4)sc4c5ccc5c6ccccc6n(-c6ccc(-n7c8ccccc8c8ccccc87)cc6)c54)ccc32)cc(-n2c3ccccc3c3ccc4c5ccccc5sc4c32)c1. The fourth-order valence-corrected chi connectivity index (χ4v) is 15.9. The number of benzene rings is 12. The molecule has 362 valence electrons. The molecule has 0 fully saturated rings. The first-order chi connectivity index (χ1) is 38.7. The lowest BCUT2D eigenvalue weighted by molar-refractivity contribution is 1.14. The van der Waals surface area contributed by atoms with Crippen molar-refractivity contribution in [3.63, 3.8) is 0 Å². The van der Waals surface area contributed by atoms with E-state index in [1.807, 2.05) is 22.7 Å². The van der Waals surface area contributed by atoms with Crippen molar-refractivity contribution in [2.24, 2.45) is 0 Å². The van der Waals surface area contributed by atoms with Crippen molar-refractivity contribution in [3.05, 3.63) is 255 Å². The van der Waals surface area contributed by atoms with Crippen LogP contribution in [-0.4, -0.2) is 18.3 Å². The Hall–Kier alpha value is -9.72. The Morgan fingerprint density at radius 1 is 0.205 bits per heavy atom. The highest BCUT2D eigenvalue weighted by atomic mass is 32.1. The maximum atomic E-state index is 2.50. The Morgan fingerprint density at radius 2 is 0.577 bits per heavy atom. The van der Waals surface area contributed by atoms with Crippen molar-refractivity contribution in [2.75, 3.05) is 0 Å². The van der Waals surface area contributed by atoms with Crippen molar-refractivity contribution < 1.29 is 0 Å². The summed E-state index contributed by atoms with van der Waals surface area (Å²) in [4.78, 5) is 0. The number of nitrogens with zero attached hydrogens (tertiary/aromatic N) is 4. The van der Waals surface area contributed by atoms with Crippen LogP contribution < -0.4 is 0 Å². The van der Waals surface area contributed by atoms with Gasteiger partial charge in [-0.15, -0.1) is 22.7 Å². The predicted molar refractivity (Wildman–Crippen MR) is 335 cm³/mol. The molecule has 6 heteroatoms. The number of hydrogen-bond acceptors (Lipinski definition) is 2. The van der Waals surface area contributed by atoms with E-state index in [0.717, 1.165) is 22.7 Å². The van der Waals surface area contributed by atoms with Crippen LogP contribution in [0.1, 0.15) is 0 Å². The number of aromatic nitrogens is 4. The molecule has 6 aromatic heterocycles. The van der Waals surface area contributed by atoms with E-state index in [9.17, 15) is 0 Å². The molecule has 12 aromatic carbocycles. The van der Waals surface area contributed by atoms with E-state index in [1.54, 1.807) is 0 Å². The van der Waals surface area contributed by atoms with Gasteiger partial charge in [0.1, 0.15) is 0 Å². The molecule has 18 rings (SSSR count). The highest BCUT2D eigenvalue weighted by molar-refractivity contribution is 7.27. The molecule has 0 saturated carbocycles. The Labute approximate surface area is 454 Å². The molecule has 0 radical (unpaired) electrons. The molecule has 0 amide bonds. The third-order valence-corrected chi connectivity index (χ3v) is 19.1. The summed E-state index contributed by atoms with van der Waals surface area (Å²) < 4.78 is 15.1. The minimum absolute atomic E-state index is 1.13. The van der Waals surface area contributed by atoms with Crippen molar-refractivity contribution >= 4 is 150 Å². The third kappa shape index (κ3) is 5.82. The molecule has 0 aliphatic carbocycles. The van der Waals surface area contributed by atoms with Gasteiger partial charge in [0.25, 0.3) is 0 Å².